The average molecular weight is 252 g/mol. The number of rotatable bonds is 5. The molecule has 5 heteroatoms. The Hall–Kier alpha value is -1.54. The van der Waals surface area contributed by atoms with Gasteiger partial charge in [0, 0.05) is 6.04 Å². The summed E-state index contributed by atoms with van der Waals surface area (Å²) < 4.78 is 0. The molecule has 0 radical (unpaired) electrons. The van der Waals surface area contributed by atoms with Crippen LogP contribution in [0.4, 0.5) is 0 Å². The lowest BCUT2D eigenvalue weighted by molar-refractivity contribution is -0.143. The molecule has 18 heavy (non-hydrogen) atoms. The molecule has 1 saturated carbocycles. The second-order valence-electron chi connectivity index (χ2n) is 4.70. The highest BCUT2D eigenvalue weighted by Crippen LogP contribution is 2.24. The van der Waals surface area contributed by atoms with Crippen molar-refractivity contribution in [2.75, 3.05) is 6.54 Å². The van der Waals surface area contributed by atoms with Gasteiger partial charge in [-0.25, -0.2) is 0 Å². The zero-order valence-corrected chi connectivity index (χ0v) is 10.6. The van der Waals surface area contributed by atoms with Gasteiger partial charge in [-0.1, -0.05) is 5.92 Å². The van der Waals surface area contributed by atoms with Gasteiger partial charge < -0.3 is 15.7 Å². The standard InChI is InChI=1S/C13H20N2O3/c1-3-8-14-12(16)9(2)15-11-6-4-10(5-7-11)13(17)18/h1,9-11,15H,4-8H2,2H3,(H,14,16)(H,17,18). The Morgan fingerprint density at radius 2 is 2.00 bits per heavy atom. The number of aliphatic carboxylic acids is 1. The molecule has 1 aliphatic carbocycles. The molecular weight excluding hydrogens is 232 g/mol. The van der Waals surface area contributed by atoms with Crippen LogP contribution in [0.3, 0.4) is 0 Å². The van der Waals surface area contributed by atoms with Gasteiger partial charge in [0.2, 0.25) is 5.91 Å². The van der Waals surface area contributed by atoms with E-state index < -0.39 is 5.97 Å². The summed E-state index contributed by atoms with van der Waals surface area (Å²) in [6.45, 7) is 2.02. The molecule has 5 nitrogen and oxygen atoms in total. The number of nitrogens with one attached hydrogen (secondary N) is 2. The molecule has 3 N–H and O–H groups in total. The molecule has 0 aromatic rings. The molecule has 0 spiro atoms. The van der Waals surface area contributed by atoms with Crippen molar-refractivity contribution in [3.8, 4) is 12.3 Å². The highest BCUT2D eigenvalue weighted by molar-refractivity contribution is 5.81. The summed E-state index contributed by atoms with van der Waals surface area (Å²) in [5, 5.41) is 14.7. The van der Waals surface area contributed by atoms with Crippen LogP contribution in [-0.2, 0) is 9.59 Å². The molecule has 0 bridgehead atoms. The Labute approximate surface area is 107 Å². The fourth-order valence-electron chi connectivity index (χ4n) is 2.23. The Balaban J connectivity index is 2.30. The molecule has 0 aromatic carbocycles. The number of terminal acetylenes is 1. The van der Waals surface area contributed by atoms with Gasteiger partial charge in [-0.05, 0) is 32.6 Å². The van der Waals surface area contributed by atoms with Gasteiger partial charge in [-0.3, -0.25) is 9.59 Å². The first-order chi connectivity index (χ1) is 8.54. The van der Waals surface area contributed by atoms with Gasteiger partial charge in [0.25, 0.3) is 0 Å². The molecule has 0 aliphatic heterocycles. The molecule has 0 heterocycles. The van der Waals surface area contributed by atoms with Crippen molar-refractivity contribution in [3.63, 3.8) is 0 Å². The van der Waals surface area contributed by atoms with Crippen LogP contribution < -0.4 is 10.6 Å². The largest absolute Gasteiger partial charge is 0.481 e. The van der Waals surface area contributed by atoms with E-state index in [1.165, 1.54) is 0 Å². The summed E-state index contributed by atoms with van der Waals surface area (Å²) in [6.07, 6.45) is 8.00. The minimum atomic E-state index is -0.715. The van der Waals surface area contributed by atoms with Crippen LogP contribution in [0.25, 0.3) is 0 Å². The maximum Gasteiger partial charge on any atom is 0.306 e. The number of amides is 1. The lowest BCUT2D eigenvalue weighted by atomic mass is 9.86. The number of hydrogen-bond donors (Lipinski definition) is 3. The van der Waals surface area contributed by atoms with E-state index in [1.807, 2.05) is 0 Å². The van der Waals surface area contributed by atoms with Gasteiger partial charge in [-0.15, -0.1) is 6.42 Å². The van der Waals surface area contributed by atoms with Crippen molar-refractivity contribution in [1.82, 2.24) is 10.6 Å². The van der Waals surface area contributed by atoms with Crippen molar-refractivity contribution in [3.05, 3.63) is 0 Å². The first-order valence-electron chi connectivity index (χ1n) is 6.24. The van der Waals surface area contributed by atoms with Gasteiger partial charge >= 0.3 is 5.97 Å². The summed E-state index contributed by atoms with van der Waals surface area (Å²) in [7, 11) is 0. The summed E-state index contributed by atoms with van der Waals surface area (Å²) in [4.78, 5) is 22.4. The SMILES string of the molecule is C#CCNC(=O)C(C)NC1CCC(C(=O)O)CC1. The summed E-state index contributed by atoms with van der Waals surface area (Å²) in [5.41, 5.74) is 0. The second-order valence-corrected chi connectivity index (χ2v) is 4.70. The van der Waals surface area contributed by atoms with E-state index in [0.717, 1.165) is 12.8 Å². The molecule has 1 amide bonds. The average Bonchev–Trinajstić information content (AvgIpc) is 2.36. The summed E-state index contributed by atoms with van der Waals surface area (Å²) in [5.74, 6) is 1.29. The van der Waals surface area contributed by atoms with Gasteiger partial charge in [0.1, 0.15) is 0 Å². The monoisotopic (exact) mass is 252 g/mol. The third-order valence-corrected chi connectivity index (χ3v) is 3.32. The fourth-order valence-corrected chi connectivity index (χ4v) is 2.23. The van der Waals surface area contributed by atoms with E-state index >= 15 is 0 Å². The highest BCUT2D eigenvalue weighted by atomic mass is 16.4. The third-order valence-electron chi connectivity index (χ3n) is 3.32. The predicted molar refractivity (Wildman–Crippen MR) is 67.8 cm³/mol. The van der Waals surface area contributed by atoms with E-state index in [0.29, 0.717) is 12.8 Å². The normalized spacial score (nSPS) is 24.9. The first kappa shape index (κ1) is 14.5. The lowest BCUT2D eigenvalue weighted by Gasteiger charge is -2.29. The predicted octanol–water partition coefficient (Wildman–Crippen LogP) is 0.357. The van der Waals surface area contributed by atoms with Crippen molar-refractivity contribution >= 4 is 11.9 Å². The Morgan fingerprint density at radius 1 is 1.39 bits per heavy atom. The number of carbonyl (C=O) groups excluding carboxylic acids is 1. The summed E-state index contributed by atoms with van der Waals surface area (Å²) >= 11 is 0. The number of hydrogen-bond acceptors (Lipinski definition) is 3. The highest BCUT2D eigenvalue weighted by Gasteiger charge is 2.27. The van der Waals surface area contributed by atoms with Crippen molar-refractivity contribution < 1.29 is 14.7 Å². The zero-order valence-electron chi connectivity index (χ0n) is 10.6. The molecule has 0 aromatic heterocycles. The molecule has 100 valence electrons. The minimum absolute atomic E-state index is 0.117. The van der Waals surface area contributed by atoms with Crippen molar-refractivity contribution in [2.24, 2.45) is 5.92 Å². The Bertz CT molecular complexity index is 341. The maximum absolute atomic E-state index is 11.6. The van der Waals surface area contributed by atoms with E-state index in [4.69, 9.17) is 11.5 Å². The van der Waals surface area contributed by atoms with Crippen molar-refractivity contribution in [1.29, 1.82) is 0 Å². The topological polar surface area (TPSA) is 78.4 Å². The van der Waals surface area contributed by atoms with Crippen LogP contribution in [0.5, 0.6) is 0 Å². The van der Waals surface area contributed by atoms with Gasteiger partial charge in [0.15, 0.2) is 0 Å². The van der Waals surface area contributed by atoms with Crippen LogP contribution in [0, 0.1) is 18.3 Å². The molecule has 0 saturated heterocycles. The van der Waals surface area contributed by atoms with Gasteiger partial charge in [0.05, 0.1) is 18.5 Å². The fraction of sp³-hybridized carbons (Fsp3) is 0.692. The molecular formula is C13H20N2O3. The molecule has 1 rings (SSSR count). The zero-order chi connectivity index (χ0) is 13.5. The maximum atomic E-state index is 11.6. The summed E-state index contributed by atoms with van der Waals surface area (Å²) in [6, 6.07) is -0.0862. The first-order valence-corrected chi connectivity index (χ1v) is 6.24. The number of carboxylic acids is 1. The molecule has 1 fully saturated rings. The third kappa shape index (κ3) is 4.38. The van der Waals surface area contributed by atoms with Crippen LogP contribution in [0.2, 0.25) is 0 Å². The molecule has 1 unspecified atom stereocenters. The Kier molecular flexibility index (Phi) is 5.66. The number of carbonyl (C=O) groups is 2. The molecule has 1 atom stereocenters. The smallest absolute Gasteiger partial charge is 0.306 e. The number of carboxylic acid groups (broad SMARTS) is 1. The van der Waals surface area contributed by atoms with Crippen LogP contribution in [0.1, 0.15) is 32.6 Å². The van der Waals surface area contributed by atoms with Crippen LogP contribution in [0.15, 0.2) is 0 Å². The molecule has 1 aliphatic rings. The quantitative estimate of drug-likeness (QED) is 0.617. The lowest BCUT2D eigenvalue weighted by Crippen LogP contribution is -2.48. The van der Waals surface area contributed by atoms with E-state index in [-0.39, 0.29) is 30.5 Å². The van der Waals surface area contributed by atoms with E-state index in [2.05, 4.69) is 16.6 Å². The Morgan fingerprint density at radius 3 is 2.50 bits per heavy atom. The minimum Gasteiger partial charge on any atom is -0.481 e. The second kappa shape index (κ2) is 7.02. The van der Waals surface area contributed by atoms with Gasteiger partial charge in [-0.2, -0.15) is 0 Å². The van der Waals surface area contributed by atoms with Crippen LogP contribution >= 0.6 is 0 Å². The van der Waals surface area contributed by atoms with E-state index in [1.54, 1.807) is 6.92 Å². The van der Waals surface area contributed by atoms with Crippen molar-refractivity contribution in [2.45, 2.75) is 44.7 Å². The van der Waals surface area contributed by atoms with Crippen LogP contribution in [-0.4, -0.2) is 35.6 Å². The van der Waals surface area contributed by atoms with E-state index in [9.17, 15) is 9.59 Å².